The number of carbonyl (C=O) groups excluding carboxylic acids is 1. The highest BCUT2D eigenvalue weighted by molar-refractivity contribution is 14.0. The molecule has 142 valence electrons. The lowest BCUT2D eigenvalue weighted by Gasteiger charge is -2.33. The Hall–Kier alpha value is -0.900. The lowest BCUT2D eigenvalue weighted by molar-refractivity contribution is -0.146. The van der Waals surface area contributed by atoms with Gasteiger partial charge in [0.15, 0.2) is 5.96 Å². The second-order valence-corrected chi connectivity index (χ2v) is 7.68. The molecule has 0 atom stereocenters. The third-order valence-corrected chi connectivity index (χ3v) is 5.35. The van der Waals surface area contributed by atoms with Crippen LogP contribution in [0.5, 0.6) is 0 Å². The number of guanidine groups is 1. The fourth-order valence-electron chi connectivity index (χ4n) is 3.06. The molecule has 6 nitrogen and oxygen atoms in total. The third-order valence-electron chi connectivity index (χ3n) is 4.36. The van der Waals surface area contributed by atoms with Crippen LogP contribution in [0, 0.1) is 12.8 Å². The number of nitrogens with one attached hydrogen (secondary N) is 1. The number of rotatable bonds is 4. The first-order chi connectivity index (χ1) is 11.5. The summed E-state index contributed by atoms with van der Waals surface area (Å²) in [6.45, 7) is 8.78. The molecule has 2 heterocycles. The van der Waals surface area contributed by atoms with Crippen molar-refractivity contribution >= 4 is 47.2 Å². The predicted octanol–water partition coefficient (Wildman–Crippen LogP) is 3.15. The molecule has 1 aromatic rings. The van der Waals surface area contributed by atoms with Gasteiger partial charge >= 0.3 is 5.97 Å². The van der Waals surface area contributed by atoms with Gasteiger partial charge < -0.3 is 15.0 Å². The van der Waals surface area contributed by atoms with Crippen LogP contribution in [-0.2, 0) is 16.1 Å². The molecule has 0 amide bonds. The molecule has 0 spiro atoms. The Morgan fingerprint density at radius 3 is 2.56 bits per heavy atom. The molecule has 0 unspecified atom stereocenters. The predicted molar refractivity (Wildman–Crippen MR) is 113 cm³/mol. The molecule has 0 radical (unpaired) electrons. The molecule has 1 aliphatic rings. The van der Waals surface area contributed by atoms with Crippen molar-refractivity contribution in [1.29, 1.82) is 0 Å². The Balaban J connectivity index is 0.00000312. The fourth-order valence-corrected chi connectivity index (χ4v) is 4.08. The molecule has 1 saturated heterocycles. The molecule has 0 saturated carbocycles. The Kier molecular flexibility index (Phi) is 9.12. The van der Waals surface area contributed by atoms with Crippen LogP contribution < -0.4 is 5.32 Å². The molecule has 0 aliphatic carbocycles. The number of aryl methyl sites for hydroxylation is 1. The van der Waals surface area contributed by atoms with Crippen molar-refractivity contribution in [3.63, 3.8) is 0 Å². The maximum atomic E-state index is 11.6. The molecule has 1 aliphatic heterocycles. The van der Waals surface area contributed by atoms with Gasteiger partial charge in [0.25, 0.3) is 0 Å². The van der Waals surface area contributed by atoms with E-state index in [1.807, 2.05) is 0 Å². The summed E-state index contributed by atoms with van der Waals surface area (Å²) >= 11 is 1.74. The van der Waals surface area contributed by atoms with Crippen LogP contribution in [0.15, 0.2) is 4.99 Å². The summed E-state index contributed by atoms with van der Waals surface area (Å²) < 4.78 is 4.84. The number of aliphatic imine (C=N–C) groups is 1. The summed E-state index contributed by atoms with van der Waals surface area (Å²) in [5.41, 5.74) is 1.19. The van der Waals surface area contributed by atoms with E-state index in [9.17, 15) is 4.79 Å². The van der Waals surface area contributed by atoms with Gasteiger partial charge in [0, 0.05) is 25.0 Å². The second-order valence-electron chi connectivity index (χ2n) is 6.39. The van der Waals surface area contributed by atoms with Gasteiger partial charge in [-0.15, -0.1) is 35.3 Å². The van der Waals surface area contributed by atoms with Gasteiger partial charge in [-0.2, -0.15) is 0 Å². The van der Waals surface area contributed by atoms with Crippen LogP contribution in [0.4, 0.5) is 0 Å². The van der Waals surface area contributed by atoms with Gasteiger partial charge in [0.2, 0.25) is 0 Å². The Morgan fingerprint density at radius 1 is 1.44 bits per heavy atom. The van der Waals surface area contributed by atoms with Crippen LogP contribution in [-0.4, -0.2) is 49.1 Å². The van der Waals surface area contributed by atoms with Gasteiger partial charge in [-0.3, -0.25) is 9.79 Å². The minimum Gasteiger partial charge on any atom is -0.469 e. The van der Waals surface area contributed by atoms with E-state index < -0.39 is 0 Å². The first-order valence-electron chi connectivity index (χ1n) is 8.45. The topological polar surface area (TPSA) is 66.8 Å². The summed E-state index contributed by atoms with van der Waals surface area (Å²) in [6, 6.07) is 0. The smallest absolute Gasteiger partial charge is 0.308 e. The molecule has 0 aromatic carbocycles. The van der Waals surface area contributed by atoms with Crippen molar-refractivity contribution < 1.29 is 9.53 Å². The summed E-state index contributed by atoms with van der Waals surface area (Å²) in [5.74, 6) is 1.24. The molecular weight excluding hydrogens is 451 g/mol. The lowest BCUT2D eigenvalue weighted by atomic mass is 9.97. The largest absolute Gasteiger partial charge is 0.469 e. The third kappa shape index (κ3) is 5.80. The number of piperidine rings is 1. The van der Waals surface area contributed by atoms with Gasteiger partial charge in [-0.05, 0) is 25.7 Å². The summed E-state index contributed by atoms with van der Waals surface area (Å²) in [5, 5.41) is 4.49. The van der Waals surface area contributed by atoms with Crippen LogP contribution in [0.3, 0.4) is 0 Å². The number of ether oxygens (including phenoxy) is 1. The van der Waals surface area contributed by atoms with Crippen LogP contribution in [0.2, 0.25) is 0 Å². The van der Waals surface area contributed by atoms with E-state index in [0.717, 1.165) is 36.9 Å². The standard InChI is InChI=1S/C17H28N4O2S.HI/c1-11(2)15-12(3)24-14(20-15)10-19-17(18-4)21-8-6-13(7-9-21)16(22)23-5;/h11,13H,6-10H2,1-5H3,(H,18,19);1H. The first kappa shape index (κ1) is 22.1. The quantitative estimate of drug-likeness (QED) is 0.311. The number of halogens is 1. The van der Waals surface area contributed by atoms with Crippen molar-refractivity contribution in [1.82, 2.24) is 15.2 Å². The van der Waals surface area contributed by atoms with Crippen LogP contribution in [0.1, 0.15) is 48.2 Å². The molecule has 25 heavy (non-hydrogen) atoms. The zero-order valence-electron chi connectivity index (χ0n) is 15.7. The fraction of sp³-hybridized carbons (Fsp3) is 0.706. The maximum absolute atomic E-state index is 11.6. The number of aromatic nitrogens is 1. The molecule has 1 fully saturated rings. The second kappa shape index (κ2) is 10.3. The Morgan fingerprint density at radius 2 is 2.08 bits per heavy atom. The lowest BCUT2D eigenvalue weighted by Crippen LogP contribution is -2.46. The summed E-state index contributed by atoms with van der Waals surface area (Å²) in [7, 11) is 3.25. The van der Waals surface area contributed by atoms with Crippen molar-refractivity contribution in [2.45, 2.75) is 46.1 Å². The van der Waals surface area contributed by atoms with Gasteiger partial charge in [-0.25, -0.2) is 4.98 Å². The van der Waals surface area contributed by atoms with Crippen molar-refractivity contribution in [3.05, 3.63) is 15.6 Å². The average Bonchev–Trinajstić information content (AvgIpc) is 2.96. The van der Waals surface area contributed by atoms with Crippen molar-refractivity contribution in [3.8, 4) is 0 Å². The normalized spacial score (nSPS) is 15.9. The highest BCUT2D eigenvalue weighted by atomic mass is 127. The number of esters is 1. The maximum Gasteiger partial charge on any atom is 0.308 e. The van der Waals surface area contributed by atoms with Gasteiger partial charge in [-0.1, -0.05) is 13.8 Å². The van der Waals surface area contributed by atoms with Crippen LogP contribution >= 0.6 is 35.3 Å². The summed E-state index contributed by atoms with van der Waals surface area (Å²) in [4.78, 5) is 24.2. The minimum atomic E-state index is -0.0999. The number of nitrogens with zero attached hydrogens (tertiary/aromatic N) is 3. The molecular formula is C17H29IN4O2S. The van der Waals surface area contributed by atoms with Gasteiger partial charge in [0.1, 0.15) is 5.01 Å². The zero-order valence-corrected chi connectivity index (χ0v) is 18.8. The molecule has 8 heteroatoms. The number of hydrogen-bond acceptors (Lipinski definition) is 5. The van der Waals surface area contributed by atoms with Crippen molar-refractivity contribution in [2.75, 3.05) is 27.2 Å². The minimum absolute atomic E-state index is 0. The molecule has 1 aromatic heterocycles. The highest BCUT2D eigenvalue weighted by Gasteiger charge is 2.27. The zero-order chi connectivity index (χ0) is 17.7. The number of carbonyl (C=O) groups is 1. The Labute approximate surface area is 171 Å². The van der Waals surface area contributed by atoms with E-state index in [1.165, 1.54) is 17.7 Å². The number of hydrogen-bond donors (Lipinski definition) is 1. The number of likely N-dealkylation sites (tertiary alicyclic amines) is 1. The van der Waals surface area contributed by atoms with Crippen molar-refractivity contribution in [2.24, 2.45) is 10.9 Å². The van der Waals surface area contributed by atoms with E-state index in [2.05, 4.69) is 36.0 Å². The van der Waals surface area contributed by atoms with Crippen LogP contribution in [0.25, 0.3) is 0 Å². The number of methoxy groups -OCH3 is 1. The van der Waals surface area contributed by atoms with Gasteiger partial charge in [0.05, 0.1) is 25.3 Å². The molecule has 1 N–H and O–H groups in total. The Bertz CT molecular complexity index is 595. The van der Waals surface area contributed by atoms with E-state index in [0.29, 0.717) is 12.5 Å². The number of thiazole rings is 1. The SMILES string of the molecule is CN=C(NCc1nc(C(C)C)c(C)s1)N1CCC(C(=O)OC)CC1.I. The molecule has 2 rings (SSSR count). The average molecular weight is 480 g/mol. The van der Waals surface area contributed by atoms with E-state index >= 15 is 0 Å². The monoisotopic (exact) mass is 480 g/mol. The first-order valence-corrected chi connectivity index (χ1v) is 9.27. The van der Waals surface area contributed by atoms with E-state index in [4.69, 9.17) is 9.72 Å². The molecule has 0 bridgehead atoms. The highest BCUT2D eigenvalue weighted by Crippen LogP contribution is 2.24. The van der Waals surface area contributed by atoms with E-state index in [-0.39, 0.29) is 35.9 Å². The van der Waals surface area contributed by atoms with E-state index in [1.54, 1.807) is 18.4 Å². The summed E-state index contributed by atoms with van der Waals surface area (Å²) in [6.07, 6.45) is 1.61.